The molecule has 116 valence electrons. The van der Waals surface area contributed by atoms with Crippen molar-refractivity contribution in [1.29, 1.82) is 0 Å². The van der Waals surface area contributed by atoms with Crippen molar-refractivity contribution in [3.05, 3.63) is 41.7 Å². The molecule has 1 saturated carbocycles. The van der Waals surface area contributed by atoms with Crippen molar-refractivity contribution in [2.45, 2.75) is 18.9 Å². The van der Waals surface area contributed by atoms with Gasteiger partial charge in [-0.1, -0.05) is 0 Å². The molecule has 0 saturated heterocycles. The minimum absolute atomic E-state index is 0.0103. The molecule has 1 amide bonds. The van der Waals surface area contributed by atoms with Gasteiger partial charge in [0, 0.05) is 23.6 Å². The first-order valence-corrected chi connectivity index (χ1v) is 7.21. The molecule has 2 aromatic rings. The van der Waals surface area contributed by atoms with E-state index in [-0.39, 0.29) is 17.7 Å². The molecule has 2 atom stereocenters. The summed E-state index contributed by atoms with van der Waals surface area (Å²) in [5, 5.41) is 9.62. The largest absolute Gasteiger partial charge is 0.497 e. The lowest BCUT2D eigenvalue weighted by Gasteiger charge is -2.10. The molecule has 3 rings (SSSR count). The summed E-state index contributed by atoms with van der Waals surface area (Å²) in [6, 6.07) is 7.53. The summed E-state index contributed by atoms with van der Waals surface area (Å²) in [6.07, 6.45) is 2.50. The quantitative estimate of drug-likeness (QED) is 0.853. The van der Waals surface area contributed by atoms with Gasteiger partial charge in [0.1, 0.15) is 11.5 Å². The van der Waals surface area contributed by atoms with Gasteiger partial charge in [-0.05, 0) is 30.7 Å². The van der Waals surface area contributed by atoms with E-state index in [0.717, 1.165) is 29.2 Å². The molecule has 2 N–H and O–H groups in total. The van der Waals surface area contributed by atoms with Crippen LogP contribution in [0.3, 0.4) is 0 Å². The molecular weight excluding hydrogens is 282 g/mol. The lowest BCUT2D eigenvalue weighted by molar-refractivity contribution is -0.122. The number of hydrogen-bond donors (Lipinski definition) is 2. The Hall–Kier alpha value is -2.50. The molecular formula is C16H19N3O3. The van der Waals surface area contributed by atoms with Gasteiger partial charge in [0.2, 0.25) is 5.91 Å². The number of benzene rings is 1. The molecule has 6 heteroatoms. The maximum absolute atomic E-state index is 12.2. The van der Waals surface area contributed by atoms with Gasteiger partial charge < -0.3 is 14.8 Å². The second-order valence-electron chi connectivity index (χ2n) is 5.36. The van der Waals surface area contributed by atoms with Gasteiger partial charge in [0.05, 0.1) is 26.5 Å². The highest BCUT2D eigenvalue weighted by Gasteiger charge is 2.45. The summed E-state index contributed by atoms with van der Waals surface area (Å²) in [7, 11) is 3.27. The number of methoxy groups -OCH3 is 2. The fourth-order valence-electron chi connectivity index (χ4n) is 2.65. The Labute approximate surface area is 128 Å². The molecule has 0 aliphatic heterocycles. The first kappa shape index (κ1) is 14.4. The lowest BCUT2D eigenvalue weighted by Crippen LogP contribution is -2.25. The number of carbonyl (C=O) groups is 1. The predicted octanol–water partition coefficient (Wildman–Crippen LogP) is 1.85. The monoisotopic (exact) mass is 301 g/mol. The van der Waals surface area contributed by atoms with E-state index in [0.29, 0.717) is 6.54 Å². The lowest BCUT2D eigenvalue weighted by atomic mass is 10.1. The molecule has 0 bridgehead atoms. The first-order chi connectivity index (χ1) is 10.7. The molecule has 1 fully saturated rings. The summed E-state index contributed by atoms with van der Waals surface area (Å²) >= 11 is 0. The van der Waals surface area contributed by atoms with Crippen LogP contribution in [-0.2, 0) is 11.3 Å². The van der Waals surface area contributed by atoms with Crippen LogP contribution in [0.15, 0.2) is 30.5 Å². The van der Waals surface area contributed by atoms with Gasteiger partial charge in [-0.3, -0.25) is 9.89 Å². The van der Waals surface area contributed by atoms with Gasteiger partial charge in [-0.2, -0.15) is 5.10 Å². The van der Waals surface area contributed by atoms with Gasteiger partial charge in [-0.15, -0.1) is 0 Å². The standard InChI is InChI=1S/C16H19N3O3/c1-21-11-3-4-15(22-2)13(7-11)12-8-14(12)16(20)17-9-10-5-6-18-19-10/h3-7,12,14H,8-9H2,1-2H3,(H,17,20)(H,18,19)/t12-,14+/m0/s1. The highest BCUT2D eigenvalue weighted by Crippen LogP contribution is 2.51. The molecule has 0 radical (unpaired) electrons. The molecule has 6 nitrogen and oxygen atoms in total. The topological polar surface area (TPSA) is 76.2 Å². The zero-order chi connectivity index (χ0) is 15.5. The second kappa shape index (κ2) is 6.09. The number of nitrogens with zero attached hydrogens (tertiary/aromatic N) is 1. The van der Waals surface area contributed by atoms with E-state index in [2.05, 4.69) is 15.5 Å². The number of hydrogen-bond acceptors (Lipinski definition) is 4. The van der Waals surface area contributed by atoms with Gasteiger partial charge in [0.15, 0.2) is 0 Å². The summed E-state index contributed by atoms with van der Waals surface area (Å²) in [6.45, 7) is 0.470. The number of aromatic amines is 1. The third-order valence-corrected chi connectivity index (χ3v) is 3.98. The average molecular weight is 301 g/mol. The van der Waals surface area contributed by atoms with Crippen molar-refractivity contribution in [2.75, 3.05) is 14.2 Å². The molecule has 1 aromatic heterocycles. The number of rotatable bonds is 6. The van der Waals surface area contributed by atoms with Crippen molar-refractivity contribution >= 4 is 5.91 Å². The Bertz CT molecular complexity index is 655. The average Bonchev–Trinajstić information content (AvgIpc) is 3.18. The molecule has 1 aliphatic rings. The van der Waals surface area contributed by atoms with Crippen molar-refractivity contribution in [1.82, 2.24) is 15.5 Å². The molecule has 0 unspecified atom stereocenters. The van der Waals surface area contributed by atoms with Crippen molar-refractivity contribution in [2.24, 2.45) is 5.92 Å². The Balaban J connectivity index is 1.64. The first-order valence-electron chi connectivity index (χ1n) is 7.21. The summed E-state index contributed by atoms with van der Waals surface area (Å²) in [5.41, 5.74) is 1.92. The maximum Gasteiger partial charge on any atom is 0.224 e. The Morgan fingerprint density at radius 1 is 1.36 bits per heavy atom. The summed E-state index contributed by atoms with van der Waals surface area (Å²) in [4.78, 5) is 12.2. The number of ether oxygens (including phenoxy) is 2. The fraction of sp³-hybridized carbons (Fsp3) is 0.375. The van der Waals surface area contributed by atoms with Crippen LogP contribution in [0.1, 0.15) is 23.6 Å². The molecule has 0 spiro atoms. The molecule has 1 heterocycles. The van der Waals surface area contributed by atoms with Crippen LogP contribution in [0.4, 0.5) is 0 Å². The highest BCUT2D eigenvalue weighted by atomic mass is 16.5. The Morgan fingerprint density at radius 2 is 2.23 bits per heavy atom. The molecule has 1 aromatic carbocycles. The van der Waals surface area contributed by atoms with Crippen LogP contribution in [0.5, 0.6) is 11.5 Å². The third kappa shape index (κ3) is 2.90. The van der Waals surface area contributed by atoms with E-state index in [1.54, 1.807) is 20.4 Å². The van der Waals surface area contributed by atoms with E-state index in [9.17, 15) is 4.79 Å². The maximum atomic E-state index is 12.2. The van der Waals surface area contributed by atoms with Gasteiger partial charge >= 0.3 is 0 Å². The van der Waals surface area contributed by atoms with Crippen molar-refractivity contribution in [3.63, 3.8) is 0 Å². The summed E-state index contributed by atoms with van der Waals surface area (Å²) in [5.74, 6) is 1.81. The number of H-pyrrole nitrogens is 1. The van der Waals surface area contributed by atoms with E-state index < -0.39 is 0 Å². The van der Waals surface area contributed by atoms with Crippen LogP contribution in [0.2, 0.25) is 0 Å². The SMILES string of the molecule is COc1ccc(OC)c([C@@H]2C[C@H]2C(=O)NCc2ccn[nH]2)c1. The second-order valence-corrected chi connectivity index (χ2v) is 5.36. The number of amides is 1. The van der Waals surface area contributed by atoms with Gasteiger partial charge in [0.25, 0.3) is 0 Å². The smallest absolute Gasteiger partial charge is 0.224 e. The van der Waals surface area contributed by atoms with Crippen LogP contribution >= 0.6 is 0 Å². The molecule has 1 aliphatic carbocycles. The van der Waals surface area contributed by atoms with Crippen LogP contribution in [0.25, 0.3) is 0 Å². The highest BCUT2D eigenvalue weighted by molar-refractivity contribution is 5.83. The number of aromatic nitrogens is 2. The third-order valence-electron chi connectivity index (χ3n) is 3.98. The van der Waals surface area contributed by atoms with Crippen molar-refractivity contribution < 1.29 is 14.3 Å². The zero-order valence-corrected chi connectivity index (χ0v) is 12.6. The zero-order valence-electron chi connectivity index (χ0n) is 12.6. The summed E-state index contributed by atoms with van der Waals surface area (Å²) < 4.78 is 10.6. The Kier molecular flexibility index (Phi) is 4.00. The van der Waals surface area contributed by atoms with E-state index in [4.69, 9.17) is 9.47 Å². The van der Waals surface area contributed by atoms with Crippen LogP contribution in [0, 0.1) is 5.92 Å². The number of nitrogens with one attached hydrogen (secondary N) is 2. The fourth-order valence-corrected chi connectivity index (χ4v) is 2.65. The van der Waals surface area contributed by atoms with Crippen LogP contribution < -0.4 is 14.8 Å². The minimum Gasteiger partial charge on any atom is -0.497 e. The van der Waals surface area contributed by atoms with E-state index in [1.807, 2.05) is 24.3 Å². The van der Waals surface area contributed by atoms with Crippen molar-refractivity contribution in [3.8, 4) is 11.5 Å². The molecule has 22 heavy (non-hydrogen) atoms. The normalized spacial score (nSPS) is 19.5. The number of carbonyl (C=O) groups excluding carboxylic acids is 1. The van der Waals surface area contributed by atoms with Crippen LogP contribution in [-0.4, -0.2) is 30.3 Å². The van der Waals surface area contributed by atoms with E-state index >= 15 is 0 Å². The van der Waals surface area contributed by atoms with E-state index in [1.165, 1.54) is 0 Å². The predicted molar refractivity (Wildman–Crippen MR) is 80.8 cm³/mol. The Morgan fingerprint density at radius 3 is 2.91 bits per heavy atom. The van der Waals surface area contributed by atoms with Gasteiger partial charge in [-0.25, -0.2) is 0 Å². The minimum atomic E-state index is -0.0103.